The van der Waals surface area contributed by atoms with E-state index in [2.05, 4.69) is 17.2 Å². The molecule has 0 radical (unpaired) electrons. The topological polar surface area (TPSA) is 54.6 Å². The van der Waals surface area contributed by atoms with Crippen molar-refractivity contribution in [1.29, 1.82) is 0 Å². The van der Waals surface area contributed by atoms with Crippen LogP contribution in [0, 0.1) is 4.91 Å². The number of aromatic amines is 2. The van der Waals surface area contributed by atoms with E-state index in [-0.39, 0.29) is 0 Å². The molecule has 0 spiro atoms. The smallest absolute Gasteiger partial charge is 0.174 e. The summed E-state index contributed by atoms with van der Waals surface area (Å²) in [5, 5.41) is 5.18. The molecule has 1 heterocycles. The monoisotopic (exact) mass is 142 g/mol. The van der Waals surface area contributed by atoms with Gasteiger partial charge in [0.1, 0.15) is 0 Å². The highest BCUT2D eigenvalue weighted by Gasteiger charge is 2.00. The van der Waals surface area contributed by atoms with Crippen LogP contribution in [0.15, 0.2) is 6.20 Å². The molecule has 56 valence electrons. The zero-order chi connectivity index (χ0) is 7.40. The third kappa shape index (κ3) is 1.72. The fourth-order valence-corrected chi connectivity index (χ4v) is 0.827. The Morgan fingerprint density at radius 3 is 3.00 bits per heavy atom. The van der Waals surface area contributed by atoms with Crippen molar-refractivity contribution in [1.82, 2.24) is 10.3 Å². The van der Waals surface area contributed by atoms with Crippen LogP contribution in [0.25, 0.3) is 0 Å². The zero-order valence-corrected chi connectivity index (χ0v) is 6.05. The van der Waals surface area contributed by atoms with Gasteiger partial charge in [-0.2, -0.15) is 5.10 Å². The maximum atomic E-state index is 10.5. The summed E-state index contributed by atoms with van der Waals surface area (Å²) >= 11 is 0. The molecule has 0 saturated carbocycles. The molecule has 0 bridgehead atoms. The molecule has 0 aliphatic heterocycles. The standard InChI is InChI=1S/C6H12N3O/c1-2-3-4-6-5-9(10)8-7-6/h5H,2-4H2,1H3,(H2,7,8,10)/q+1. The number of rotatable bonds is 3. The maximum absolute atomic E-state index is 10.5. The zero-order valence-electron chi connectivity index (χ0n) is 6.05. The minimum absolute atomic E-state index is 0.672. The first-order valence-electron chi connectivity index (χ1n) is 3.51. The number of unbranched alkanes of at least 4 members (excludes halogenated alkanes) is 1. The summed E-state index contributed by atoms with van der Waals surface area (Å²) in [4.78, 5) is 10.5. The van der Waals surface area contributed by atoms with Crippen LogP contribution >= 0.6 is 0 Å². The van der Waals surface area contributed by atoms with Crippen molar-refractivity contribution in [2.45, 2.75) is 26.2 Å². The molecule has 0 aromatic carbocycles. The number of nitrogens with one attached hydrogen (secondary N) is 2. The van der Waals surface area contributed by atoms with Crippen molar-refractivity contribution in [2.24, 2.45) is 0 Å². The van der Waals surface area contributed by atoms with Gasteiger partial charge in [0.15, 0.2) is 5.69 Å². The van der Waals surface area contributed by atoms with Crippen LogP contribution < -0.4 is 4.54 Å². The summed E-state index contributed by atoms with van der Waals surface area (Å²) in [5.41, 5.74) is 0.969. The molecule has 0 unspecified atom stereocenters. The molecule has 0 aliphatic rings. The molecule has 0 atom stereocenters. The normalized spacial score (nSPS) is 10.1. The second kappa shape index (κ2) is 3.20. The van der Waals surface area contributed by atoms with E-state index in [0.29, 0.717) is 4.54 Å². The molecule has 0 aliphatic carbocycles. The van der Waals surface area contributed by atoms with Crippen LogP contribution in [0.4, 0.5) is 0 Å². The molecular weight excluding hydrogens is 130 g/mol. The highest BCUT2D eigenvalue weighted by Crippen LogP contribution is 1.95. The van der Waals surface area contributed by atoms with Gasteiger partial charge in [0.25, 0.3) is 0 Å². The Morgan fingerprint density at radius 1 is 1.70 bits per heavy atom. The second-order valence-corrected chi connectivity index (χ2v) is 2.32. The van der Waals surface area contributed by atoms with Gasteiger partial charge in [0.05, 0.1) is 4.54 Å². The lowest BCUT2D eigenvalue weighted by Gasteiger charge is -1.85. The average Bonchev–Trinajstić information content (AvgIpc) is 2.31. The van der Waals surface area contributed by atoms with Crippen LogP contribution in [0.5, 0.6) is 0 Å². The summed E-state index contributed by atoms with van der Waals surface area (Å²) in [5.74, 6) is 0. The third-order valence-corrected chi connectivity index (χ3v) is 1.40. The fraction of sp³-hybridized carbons (Fsp3) is 0.667. The largest absolute Gasteiger partial charge is 0.209 e. The van der Waals surface area contributed by atoms with Gasteiger partial charge in [-0.05, 0) is 11.3 Å². The molecular formula is C6H12N3O+. The molecule has 1 rings (SSSR count). The van der Waals surface area contributed by atoms with Gasteiger partial charge in [0.2, 0.25) is 6.20 Å². The molecule has 1 aromatic heterocycles. The van der Waals surface area contributed by atoms with E-state index in [0.717, 1.165) is 25.0 Å². The van der Waals surface area contributed by atoms with E-state index in [4.69, 9.17) is 0 Å². The first-order chi connectivity index (χ1) is 4.83. The number of hydrogen-bond donors (Lipinski definition) is 2. The average molecular weight is 142 g/mol. The first kappa shape index (κ1) is 7.05. The van der Waals surface area contributed by atoms with E-state index in [1.165, 1.54) is 6.20 Å². The van der Waals surface area contributed by atoms with Crippen molar-refractivity contribution >= 4 is 0 Å². The van der Waals surface area contributed by atoms with Gasteiger partial charge in [-0.3, -0.25) is 0 Å². The predicted octanol–water partition coefficient (Wildman–Crippen LogP) is 0.600. The van der Waals surface area contributed by atoms with Gasteiger partial charge >= 0.3 is 0 Å². The van der Waals surface area contributed by atoms with Crippen molar-refractivity contribution in [3.63, 3.8) is 0 Å². The first-order valence-corrected chi connectivity index (χ1v) is 3.51. The summed E-state index contributed by atoms with van der Waals surface area (Å²) in [6.45, 7) is 2.12. The number of H-pyrrole nitrogens is 2. The van der Waals surface area contributed by atoms with E-state index >= 15 is 0 Å². The minimum Gasteiger partial charge on any atom is -0.174 e. The Morgan fingerprint density at radius 2 is 2.50 bits per heavy atom. The Kier molecular flexibility index (Phi) is 2.25. The Hall–Kier alpha value is -1.06. The van der Waals surface area contributed by atoms with Crippen molar-refractivity contribution in [2.75, 3.05) is 0 Å². The van der Waals surface area contributed by atoms with Crippen molar-refractivity contribution < 1.29 is 4.54 Å². The predicted molar refractivity (Wildman–Crippen MR) is 37.1 cm³/mol. The lowest BCUT2D eigenvalue weighted by molar-refractivity contribution is -0.564. The van der Waals surface area contributed by atoms with Gasteiger partial charge in [-0.1, -0.05) is 18.6 Å². The molecule has 2 N–H and O–H groups in total. The van der Waals surface area contributed by atoms with Crippen LogP contribution in [0.3, 0.4) is 0 Å². The van der Waals surface area contributed by atoms with Crippen molar-refractivity contribution in [3.05, 3.63) is 16.8 Å². The maximum Gasteiger partial charge on any atom is 0.209 e. The second-order valence-electron chi connectivity index (χ2n) is 2.32. The molecule has 0 amide bonds. The molecule has 0 saturated heterocycles. The van der Waals surface area contributed by atoms with Gasteiger partial charge in [-0.25, -0.2) is 0 Å². The number of aryl methyl sites for hydroxylation is 1. The van der Waals surface area contributed by atoms with E-state index < -0.39 is 0 Å². The molecule has 4 heteroatoms. The molecule has 4 nitrogen and oxygen atoms in total. The minimum atomic E-state index is 0.672. The SMILES string of the molecule is CCCCc1c[n+](=O)[nH][nH]1. The van der Waals surface area contributed by atoms with Crippen LogP contribution in [-0.2, 0) is 6.42 Å². The fourth-order valence-electron chi connectivity index (χ4n) is 0.827. The summed E-state index contributed by atoms with van der Waals surface area (Å²) in [7, 11) is 0. The lowest BCUT2D eigenvalue weighted by Crippen LogP contribution is -2.12. The van der Waals surface area contributed by atoms with Crippen LogP contribution in [0.2, 0.25) is 0 Å². The summed E-state index contributed by atoms with van der Waals surface area (Å²) in [6, 6.07) is 0. The highest BCUT2D eigenvalue weighted by molar-refractivity contribution is 4.86. The highest BCUT2D eigenvalue weighted by atomic mass is 16.3. The Balaban J connectivity index is 2.50. The summed E-state index contributed by atoms with van der Waals surface area (Å²) in [6.07, 6.45) is 4.74. The number of nitrogens with zero attached hydrogens (tertiary/aromatic N) is 1. The van der Waals surface area contributed by atoms with Gasteiger partial charge in [-0.15, -0.1) is 0 Å². The Bertz CT molecular complexity index is 237. The number of hydrogen-bond acceptors (Lipinski definition) is 1. The van der Waals surface area contributed by atoms with Crippen LogP contribution in [0.1, 0.15) is 25.5 Å². The van der Waals surface area contributed by atoms with Gasteiger partial charge < -0.3 is 0 Å². The quantitative estimate of drug-likeness (QED) is 0.596. The lowest BCUT2D eigenvalue weighted by atomic mass is 10.2. The van der Waals surface area contributed by atoms with E-state index in [1.807, 2.05) is 0 Å². The van der Waals surface area contributed by atoms with E-state index in [9.17, 15) is 4.91 Å². The molecule has 10 heavy (non-hydrogen) atoms. The number of aromatic nitrogens is 3. The van der Waals surface area contributed by atoms with Crippen LogP contribution in [-0.4, -0.2) is 10.3 Å². The van der Waals surface area contributed by atoms with E-state index in [1.54, 1.807) is 0 Å². The molecule has 1 aromatic rings. The summed E-state index contributed by atoms with van der Waals surface area (Å²) < 4.78 is 0.672. The van der Waals surface area contributed by atoms with Gasteiger partial charge in [0, 0.05) is 6.42 Å². The Labute approximate surface area is 58.8 Å². The van der Waals surface area contributed by atoms with Crippen molar-refractivity contribution in [3.8, 4) is 0 Å². The molecule has 0 fully saturated rings. The third-order valence-electron chi connectivity index (χ3n) is 1.40.